The first kappa shape index (κ1) is 19.1. The smallest absolute Gasteiger partial charge is 0.344 e. The molecular formula is C19H19NO6. The van der Waals surface area contributed by atoms with Crippen molar-refractivity contribution in [2.75, 3.05) is 13.2 Å². The van der Waals surface area contributed by atoms with Crippen LogP contribution < -0.4 is 4.74 Å². The van der Waals surface area contributed by atoms with Gasteiger partial charge >= 0.3 is 5.97 Å². The number of ketones is 1. The van der Waals surface area contributed by atoms with Crippen LogP contribution in [0.25, 0.3) is 0 Å². The number of carbonyl (C=O) groups is 2. The lowest BCUT2D eigenvalue weighted by Gasteiger charge is -2.08. The lowest BCUT2D eigenvalue weighted by atomic mass is 10.1. The maximum absolute atomic E-state index is 12.1. The van der Waals surface area contributed by atoms with Gasteiger partial charge in [0.25, 0.3) is 5.69 Å². The number of hydrogen-bond acceptors (Lipinski definition) is 6. The van der Waals surface area contributed by atoms with Crippen molar-refractivity contribution in [3.63, 3.8) is 0 Å². The summed E-state index contributed by atoms with van der Waals surface area (Å²) >= 11 is 0. The van der Waals surface area contributed by atoms with E-state index in [1.165, 1.54) is 18.2 Å². The molecule has 0 N–H and O–H groups in total. The van der Waals surface area contributed by atoms with Crippen molar-refractivity contribution in [2.24, 2.45) is 0 Å². The van der Waals surface area contributed by atoms with Crippen LogP contribution in [-0.2, 0) is 9.53 Å². The van der Waals surface area contributed by atoms with Gasteiger partial charge in [-0.3, -0.25) is 14.9 Å². The predicted octanol–water partition coefficient (Wildman–Crippen LogP) is 3.32. The highest BCUT2D eigenvalue weighted by atomic mass is 16.6. The second kappa shape index (κ2) is 8.24. The molecule has 0 atom stereocenters. The Morgan fingerprint density at radius 3 is 2.31 bits per heavy atom. The molecule has 7 heteroatoms. The number of Topliss-reactive ketones (excluding diaryl/α,β-unsaturated/α-hetero) is 1. The van der Waals surface area contributed by atoms with Gasteiger partial charge in [-0.05, 0) is 44.0 Å². The number of nitro groups is 1. The lowest BCUT2D eigenvalue weighted by molar-refractivity contribution is -0.385. The fraction of sp³-hybridized carbons (Fsp3) is 0.263. The molecule has 2 aromatic carbocycles. The third-order valence-corrected chi connectivity index (χ3v) is 3.93. The number of carbonyl (C=O) groups excluding carboxylic acids is 2. The Morgan fingerprint density at radius 1 is 0.962 bits per heavy atom. The zero-order valence-corrected chi connectivity index (χ0v) is 14.8. The van der Waals surface area contributed by atoms with Crippen LogP contribution in [0.3, 0.4) is 0 Å². The van der Waals surface area contributed by atoms with Gasteiger partial charge in [-0.1, -0.05) is 18.2 Å². The SMILES string of the molecule is Cc1ccc(OCC(=O)OCC(=O)c2ccc(C)c([N+](=O)[O-])c2)cc1C. The van der Waals surface area contributed by atoms with E-state index >= 15 is 0 Å². The van der Waals surface area contributed by atoms with E-state index in [9.17, 15) is 19.7 Å². The van der Waals surface area contributed by atoms with Crippen molar-refractivity contribution < 1.29 is 24.0 Å². The lowest BCUT2D eigenvalue weighted by Crippen LogP contribution is -2.19. The first-order chi connectivity index (χ1) is 12.3. The van der Waals surface area contributed by atoms with Gasteiger partial charge in [-0.25, -0.2) is 4.79 Å². The summed E-state index contributed by atoms with van der Waals surface area (Å²) in [6.07, 6.45) is 0. The minimum atomic E-state index is -0.696. The molecule has 0 aromatic heterocycles. The zero-order chi connectivity index (χ0) is 19.3. The van der Waals surface area contributed by atoms with E-state index in [-0.39, 0.29) is 17.9 Å². The molecule has 0 saturated carbocycles. The molecule has 0 bridgehead atoms. The van der Waals surface area contributed by atoms with Gasteiger partial charge in [0.05, 0.1) is 4.92 Å². The standard InChI is InChI=1S/C19H19NO6/c1-12-5-7-16(8-14(12)3)25-11-19(22)26-10-18(21)15-6-4-13(2)17(9-15)20(23)24/h4-9H,10-11H2,1-3H3. The van der Waals surface area contributed by atoms with Gasteiger partial charge < -0.3 is 9.47 Å². The topological polar surface area (TPSA) is 95.7 Å². The van der Waals surface area contributed by atoms with Gasteiger partial charge in [0.2, 0.25) is 5.78 Å². The molecule has 0 aliphatic heterocycles. The monoisotopic (exact) mass is 357 g/mol. The molecule has 136 valence electrons. The number of ether oxygens (including phenoxy) is 2. The van der Waals surface area contributed by atoms with Crippen LogP contribution in [0.5, 0.6) is 5.75 Å². The largest absolute Gasteiger partial charge is 0.482 e. The molecule has 0 spiro atoms. The number of esters is 1. The summed E-state index contributed by atoms with van der Waals surface area (Å²) in [6.45, 7) is 4.64. The number of nitro benzene ring substituents is 1. The average Bonchev–Trinajstić information content (AvgIpc) is 2.60. The van der Waals surface area contributed by atoms with Gasteiger partial charge in [0.15, 0.2) is 13.2 Å². The summed E-state index contributed by atoms with van der Waals surface area (Å²) in [4.78, 5) is 34.1. The summed E-state index contributed by atoms with van der Waals surface area (Å²) in [7, 11) is 0. The van der Waals surface area contributed by atoms with Crippen LogP contribution in [0.2, 0.25) is 0 Å². The minimum Gasteiger partial charge on any atom is -0.482 e. The first-order valence-corrected chi connectivity index (χ1v) is 7.92. The van der Waals surface area contributed by atoms with Gasteiger partial charge in [-0.2, -0.15) is 0 Å². The Labute approximate surface area is 150 Å². The number of rotatable bonds is 7. The zero-order valence-electron chi connectivity index (χ0n) is 14.8. The Bertz CT molecular complexity index is 859. The first-order valence-electron chi connectivity index (χ1n) is 7.92. The summed E-state index contributed by atoms with van der Waals surface area (Å²) in [5.74, 6) is -0.684. The maximum atomic E-state index is 12.1. The molecule has 0 aliphatic rings. The molecule has 0 saturated heterocycles. The van der Waals surface area contributed by atoms with E-state index in [4.69, 9.17) is 9.47 Å². The molecule has 0 amide bonds. The number of nitrogens with zero attached hydrogens (tertiary/aromatic N) is 1. The maximum Gasteiger partial charge on any atom is 0.344 e. The second-order valence-corrected chi connectivity index (χ2v) is 5.88. The van der Waals surface area contributed by atoms with Crippen LogP contribution >= 0.6 is 0 Å². The molecule has 2 rings (SSSR count). The van der Waals surface area contributed by atoms with Gasteiger partial charge in [0, 0.05) is 17.2 Å². The van der Waals surface area contributed by atoms with Crippen LogP contribution in [0.15, 0.2) is 36.4 Å². The number of benzene rings is 2. The van der Waals surface area contributed by atoms with E-state index < -0.39 is 23.3 Å². The van der Waals surface area contributed by atoms with E-state index in [1.54, 1.807) is 19.1 Å². The molecule has 0 unspecified atom stereocenters. The molecule has 0 fully saturated rings. The van der Waals surface area contributed by atoms with E-state index in [2.05, 4.69) is 0 Å². The molecule has 7 nitrogen and oxygen atoms in total. The Balaban J connectivity index is 1.88. The van der Waals surface area contributed by atoms with Crippen LogP contribution in [0.1, 0.15) is 27.0 Å². The van der Waals surface area contributed by atoms with E-state index in [0.29, 0.717) is 11.3 Å². The predicted molar refractivity (Wildman–Crippen MR) is 94.5 cm³/mol. The molecular weight excluding hydrogens is 338 g/mol. The van der Waals surface area contributed by atoms with Crippen molar-refractivity contribution in [2.45, 2.75) is 20.8 Å². The quantitative estimate of drug-likeness (QED) is 0.326. The molecule has 0 radical (unpaired) electrons. The highest BCUT2D eigenvalue weighted by Crippen LogP contribution is 2.20. The highest BCUT2D eigenvalue weighted by Gasteiger charge is 2.16. The third-order valence-electron chi connectivity index (χ3n) is 3.93. The van der Waals surface area contributed by atoms with E-state index in [0.717, 1.165) is 11.1 Å². The number of aryl methyl sites for hydroxylation is 3. The Morgan fingerprint density at radius 2 is 1.65 bits per heavy atom. The Kier molecular flexibility index (Phi) is 6.06. The summed E-state index contributed by atoms with van der Waals surface area (Å²) in [5.41, 5.74) is 2.56. The molecule has 0 aliphatic carbocycles. The normalized spacial score (nSPS) is 10.3. The van der Waals surface area contributed by atoms with Gasteiger partial charge in [-0.15, -0.1) is 0 Å². The van der Waals surface area contributed by atoms with Crippen molar-refractivity contribution >= 4 is 17.4 Å². The fourth-order valence-electron chi connectivity index (χ4n) is 2.20. The van der Waals surface area contributed by atoms with E-state index in [1.807, 2.05) is 19.9 Å². The summed E-state index contributed by atoms with van der Waals surface area (Å²) < 4.78 is 10.2. The molecule has 26 heavy (non-hydrogen) atoms. The molecule has 2 aromatic rings. The van der Waals surface area contributed by atoms with Gasteiger partial charge in [0.1, 0.15) is 5.75 Å². The van der Waals surface area contributed by atoms with Crippen LogP contribution in [-0.4, -0.2) is 29.9 Å². The summed E-state index contributed by atoms with van der Waals surface area (Å²) in [5, 5.41) is 10.9. The fourth-order valence-corrected chi connectivity index (χ4v) is 2.20. The number of hydrogen-bond donors (Lipinski definition) is 0. The average molecular weight is 357 g/mol. The minimum absolute atomic E-state index is 0.116. The third kappa shape index (κ3) is 4.89. The molecule has 0 heterocycles. The van der Waals surface area contributed by atoms with Crippen LogP contribution in [0, 0.1) is 30.9 Å². The Hall–Kier alpha value is -3.22. The summed E-state index contributed by atoms with van der Waals surface area (Å²) in [6, 6.07) is 9.55. The van der Waals surface area contributed by atoms with Crippen molar-refractivity contribution in [1.29, 1.82) is 0 Å². The van der Waals surface area contributed by atoms with Crippen molar-refractivity contribution in [1.82, 2.24) is 0 Å². The highest BCUT2D eigenvalue weighted by molar-refractivity contribution is 5.98. The van der Waals surface area contributed by atoms with Crippen molar-refractivity contribution in [3.8, 4) is 5.75 Å². The van der Waals surface area contributed by atoms with Crippen molar-refractivity contribution in [3.05, 3.63) is 68.8 Å². The van der Waals surface area contributed by atoms with Crippen LogP contribution in [0.4, 0.5) is 5.69 Å². The second-order valence-electron chi connectivity index (χ2n) is 5.88.